The van der Waals surface area contributed by atoms with Gasteiger partial charge < -0.3 is 15.1 Å². The van der Waals surface area contributed by atoms with Crippen LogP contribution in [0.1, 0.15) is 25.8 Å². The summed E-state index contributed by atoms with van der Waals surface area (Å²) >= 11 is 1.54. The molecule has 3 rings (SSSR count). The Morgan fingerprint density at radius 3 is 2.68 bits per heavy atom. The molecule has 1 N–H and O–H groups in total. The fourth-order valence-corrected chi connectivity index (χ4v) is 4.06. The van der Waals surface area contributed by atoms with Gasteiger partial charge in [-0.05, 0) is 31.0 Å². The van der Waals surface area contributed by atoms with Crippen LogP contribution in [0.25, 0.3) is 0 Å². The fraction of sp³-hybridized carbons (Fsp3) is 0.500. The highest BCUT2D eigenvalue weighted by Gasteiger charge is 2.24. The predicted octanol–water partition coefficient (Wildman–Crippen LogP) is 1.74. The number of thioether (sulfide) groups is 1. The minimum atomic E-state index is -0.0960. The topological polar surface area (TPSA) is 69.7 Å². The second-order valence-electron chi connectivity index (χ2n) is 6.50. The SMILES string of the molecule is CC(=O)N1CCCN(C(=O)Cc2ccc3c(c2)NC(=O)C(C)S3)CC1. The van der Waals surface area contributed by atoms with Crippen molar-refractivity contribution in [3.63, 3.8) is 0 Å². The molecule has 1 saturated heterocycles. The summed E-state index contributed by atoms with van der Waals surface area (Å²) in [4.78, 5) is 40.6. The third-order valence-electron chi connectivity index (χ3n) is 4.62. The van der Waals surface area contributed by atoms with Crippen LogP contribution < -0.4 is 5.32 Å². The van der Waals surface area contributed by atoms with Crippen molar-refractivity contribution in [3.05, 3.63) is 23.8 Å². The number of nitrogens with one attached hydrogen (secondary N) is 1. The maximum atomic E-state index is 12.6. The van der Waals surface area contributed by atoms with Crippen LogP contribution in [0.15, 0.2) is 23.1 Å². The number of benzene rings is 1. The Balaban J connectivity index is 1.64. The zero-order valence-corrected chi connectivity index (χ0v) is 15.4. The van der Waals surface area contributed by atoms with E-state index in [1.165, 1.54) is 11.8 Å². The second kappa shape index (κ2) is 7.47. The zero-order valence-electron chi connectivity index (χ0n) is 14.6. The van der Waals surface area contributed by atoms with E-state index in [-0.39, 0.29) is 23.0 Å². The summed E-state index contributed by atoms with van der Waals surface area (Å²) in [6, 6.07) is 5.82. The molecule has 1 unspecified atom stereocenters. The van der Waals surface area contributed by atoms with Crippen LogP contribution in [0, 0.1) is 0 Å². The Kier molecular flexibility index (Phi) is 5.32. The molecule has 2 aliphatic heterocycles. The van der Waals surface area contributed by atoms with Gasteiger partial charge in [0.25, 0.3) is 0 Å². The number of amides is 3. The number of carbonyl (C=O) groups is 3. The van der Waals surface area contributed by atoms with E-state index in [1.807, 2.05) is 30.0 Å². The van der Waals surface area contributed by atoms with Crippen molar-refractivity contribution in [2.24, 2.45) is 0 Å². The molecule has 0 radical (unpaired) electrons. The van der Waals surface area contributed by atoms with Gasteiger partial charge in [0.05, 0.1) is 17.4 Å². The fourth-order valence-electron chi connectivity index (χ4n) is 3.13. The Labute approximate surface area is 151 Å². The first kappa shape index (κ1) is 17.8. The Hall–Kier alpha value is -2.02. The predicted molar refractivity (Wildman–Crippen MR) is 97.5 cm³/mol. The molecule has 134 valence electrons. The molecular formula is C18H23N3O3S. The van der Waals surface area contributed by atoms with Gasteiger partial charge in [-0.25, -0.2) is 0 Å². The summed E-state index contributed by atoms with van der Waals surface area (Å²) in [5.74, 6) is 0.123. The first-order valence-electron chi connectivity index (χ1n) is 8.58. The number of rotatable bonds is 2. The molecule has 6 nitrogen and oxygen atoms in total. The molecule has 1 aromatic carbocycles. The standard InChI is InChI=1S/C18H23N3O3S/c1-12-18(24)19-15-10-14(4-5-16(15)25-12)11-17(23)21-7-3-6-20(8-9-21)13(2)22/h4-5,10,12H,3,6-9,11H2,1-2H3,(H,19,24). The van der Waals surface area contributed by atoms with Crippen LogP contribution in [0.2, 0.25) is 0 Å². The Morgan fingerprint density at radius 1 is 1.20 bits per heavy atom. The largest absolute Gasteiger partial charge is 0.341 e. The number of hydrogen-bond donors (Lipinski definition) is 1. The van der Waals surface area contributed by atoms with Crippen molar-refractivity contribution >= 4 is 35.2 Å². The first-order chi connectivity index (χ1) is 11.9. The van der Waals surface area contributed by atoms with Crippen LogP contribution in [-0.4, -0.2) is 59.0 Å². The molecule has 0 spiro atoms. The maximum Gasteiger partial charge on any atom is 0.237 e. The summed E-state index contributed by atoms with van der Waals surface area (Å²) in [6.07, 6.45) is 1.11. The zero-order chi connectivity index (χ0) is 18.0. The Bertz CT molecular complexity index is 707. The molecule has 1 fully saturated rings. The molecule has 3 amide bonds. The quantitative estimate of drug-likeness (QED) is 0.871. The average Bonchev–Trinajstić information content (AvgIpc) is 2.82. The number of fused-ring (bicyclic) bond motifs is 1. The lowest BCUT2D eigenvalue weighted by molar-refractivity contribution is -0.132. The molecule has 1 aromatic rings. The molecular weight excluding hydrogens is 338 g/mol. The van der Waals surface area contributed by atoms with Crippen molar-refractivity contribution in [1.29, 1.82) is 0 Å². The lowest BCUT2D eigenvalue weighted by Gasteiger charge is -2.23. The van der Waals surface area contributed by atoms with Gasteiger partial charge in [-0.1, -0.05) is 6.07 Å². The van der Waals surface area contributed by atoms with Crippen molar-refractivity contribution in [3.8, 4) is 0 Å². The van der Waals surface area contributed by atoms with E-state index in [0.717, 1.165) is 22.6 Å². The normalized spacial score (nSPS) is 20.6. The maximum absolute atomic E-state index is 12.6. The molecule has 1 atom stereocenters. The highest BCUT2D eigenvalue weighted by molar-refractivity contribution is 8.00. The lowest BCUT2D eigenvalue weighted by atomic mass is 10.1. The van der Waals surface area contributed by atoms with E-state index in [0.29, 0.717) is 32.6 Å². The number of nitrogens with zero attached hydrogens (tertiary/aromatic N) is 2. The summed E-state index contributed by atoms with van der Waals surface area (Å²) in [6.45, 7) is 6.00. The summed E-state index contributed by atoms with van der Waals surface area (Å²) in [7, 11) is 0. The molecule has 2 heterocycles. The molecule has 7 heteroatoms. The average molecular weight is 361 g/mol. The van der Waals surface area contributed by atoms with E-state index in [4.69, 9.17) is 0 Å². The smallest absolute Gasteiger partial charge is 0.237 e. The monoisotopic (exact) mass is 361 g/mol. The van der Waals surface area contributed by atoms with Crippen molar-refractivity contribution in [2.75, 3.05) is 31.5 Å². The van der Waals surface area contributed by atoms with E-state index in [9.17, 15) is 14.4 Å². The van der Waals surface area contributed by atoms with Crippen LogP contribution in [-0.2, 0) is 20.8 Å². The van der Waals surface area contributed by atoms with Crippen molar-refractivity contribution < 1.29 is 14.4 Å². The highest BCUT2D eigenvalue weighted by Crippen LogP contribution is 2.36. The number of carbonyl (C=O) groups excluding carboxylic acids is 3. The molecule has 0 aliphatic carbocycles. The van der Waals surface area contributed by atoms with Crippen LogP contribution >= 0.6 is 11.8 Å². The summed E-state index contributed by atoms with van der Waals surface area (Å²) in [5.41, 5.74) is 1.68. The third kappa shape index (κ3) is 4.15. The van der Waals surface area contributed by atoms with Gasteiger partial charge >= 0.3 is 0 Å². The van der Waals surface area contributed by atoms with Crippen molar-refractivity contribution in [2.45, 2.75) is 36.8 Å². The van der Waals surface area contributed by atoms with Crippen molar-refractivity contribution in [1.82, 2.24) is 9.80 Å². The molecule has 2 aliphatic rings. The lowest BCUT2D eigenvalue weighted by Crippen LogP contribution is -2.37. The van der Waals surface area contributed by atoms with Crippen LogP contribution in [0.5, 0.6) is 0 Å². The molecule has 0 aromatic heterocycles. The van der Waals surface area contributed by atoms with Gasteiger partial charge in [-0.2, -0.15) is 0 Å². The minimum Gasteiger partial charge on any atom is -0.341 e. The van der Waals surface area contributed by atoms with E-state index in [1.54, 1.807) is 11.8 Å². The van der Waals surface area contributed by atoms with Gasteiger partial charge in [0, 0.05) is 38.0 Å². The van der Waals surface area contributed by atoms with E-state index in [2.05, 4.69) is 5.32 Å². The first-order valence-corrected chi connectivity index (χ1v) is 9.46. The van der Waals surface area contributed by atoms with Gasteiger partial charge in [0.15, 0.2) is 0 Å². The Morgan fingerprint density at radius 2 is 1.92 bits per heavy atom. The van der Waals surface area contributed by atoms with E-state index < -0.39 is 0 Å². The third-order valence-corrected chi connectivity index (χ3v) is 5.80. The highest BCUT2D eigenvalue weighted by atomic mass is 32.2. The van der Waals surface area contributed by atoms with Gasteiger partial charge in [0.1, 0.15) is 0 Å². The van der Waals surface area contributed by atoms with Gasteiger partial charge in [0.2, 0.25) is 17.7 Å². The van der Waals surface area contributed by atoms with Crippen LogP contribution in [0.4, 0.5) is 5.69 Å². The van der Waals surface area contributed by atoms with Gasteiger partial charge in [-0.15, -0.1) is 11.8 Å². The summed E-state index contributed by atoms with van der Waals surface area (Å²) < 4.78 is 0. The number of anilines is 1. The summed E-state index contributed by atoms with van der Waals surface area (Å²) in [5, 5.41) is 2.81. The number of hydrogen-bond acceptors (Lipinski definition) is 4. The molecule has 0 bridgehead atoms. The van der Waals surface area contributed by atoms with Crippen LogP contribution in [0.3, 0.4) is 0 Å². The molecule has 0 saturated carbocycles. The second-order valence-corrected chi connectivity index (χ2v) is 7.88. The van der Waals surface area contributed by atoms with Gasteiger partial charge in [-0.3, -0.25) is 14.4 Å². The molecule has 25 heavy (non-hydrogen) atoms. The minimum absolute atomic E-state index is 0.00202. The van der Waals surface area contributed by atoms with E-state index >= 15 is 0 Å².